The molecule has 1 aliphatic heterocycles. The molecule has 7 heteroatoms. The number of carbonyl (C=O) groups excluding carboxylic acids is 2. The van der Waals surface area contributed by atoms with E-state index in [1.165, 1.54) is 12.1 Å². The lowest BCUT2D eigenvalue weighted by molar-refractivity contribution is -0.118. The molecule has 3 aromatic rings. The predicted octanol–water partition coefficient (Wildman–Crippen LogP) is 4.20. The van der Waals surface area contributed by atoms with Gasteiger partial charge < -0.3 is 20.1 Å². The van der Waals surface area contributed by atoms with Crippen LogP contribution in [0.5, 0.6) is 17.2 Å². The summed E-state index contributed by atoms with van der Waals surface area (Å²) in [5, 5.41) is 5.43. The van der Waals surface area contributed by atoms with Gasteiger partial charge in [-0.3, -0.25) is 9.59 Å². The summed E-state index contributed by atoms with van der Waals surface area (Å²) < 4.78 is 24.1. The number of hydrogen-bond donors (Lipinski definition) is 2. The Bertz CT molecular complexity index is 1050. The van der Waals surface area contributed by atoms with Gasteiger partial charge in [-0.25, -0.2) is 4.39 Å². The van der Waals surface area contributed by atoms with Crippen LogP contribution in [0.15, 0.2) is 66.7 Å². The molecule has 0 saturated heterocycles. The Hall–Kier alpha value is -3.87. The van der Waals surface area contributed by atoms with Gasteiger partial charge in [-0.1, -0.05) is 6.07 Å². The number of amides is 2. The van der Waals surface area contributed by atoms with E-state index in [-0.39, 0.29) is 24.2 Å². The number of nitrogens with one attached hydrogen (secondary N) is 2. The van der Waals surface area contributed by atoms with Crippen LogP contribution in [-0.2, 0) is 4.79 Å². The molecule has 0 spiro atoms. The molecule has 0 aromatic heterocycles. The SMILES string of the molecule is O=C1COc2ccc(C(=O)Nc3ccc(Oc4cccc(F)c4)cc3)cc2N1. The molecule has 3 aromatic carbocycles. The summed E-state index contributed by atoms with van der Waals surface area (Å²) in [5.41, 5.74) is 1.40. The van der Waals surface area contributed by atoms with E-state index < -0.39 is 0 Å². The summed E-state index contributed by atoms with van der Waals surface area (Å²) in [6, 6.07) is 17.3. The zero-order valence-corrected chi connectivity index (χ0v) is 14.6. The molecule has 0 saturated carbocycles. The van der Waals surface area contributed by atoms with Crippen LogP contribution in [0.25, 0.3) is 0 Å². The van der Waals surface area contributed by atoms with Crippen LogP contribution in [-0.4, -0.2) is 18.4 Å². The van der Waals surface area contributed by atoms with Crippen molar-refractivity contribution in [2.45, 2.75) is 0 Å². The van der Waals surface area contributed by atoms with Gasteiger partial charge in [-0.15, -0.1) is 0 Å². The zero-order valence-electron chi connectivity index (χ0n) is 14.6. The fourth-order valence-electron chi connectivity index (χ4n) is 2.70. The molecule has 1 heterocycles. The van der Waals surface area contributed by atoms with Gasteiger partial charge in [-0.2, -0.15) is 0 Å². The van der Waals surface area contributed by atoms with Crippen molar-refractivity contribution in [3.05, 3.63) is 78.1 Å². The highest BCUT2D eigenvalue weighted by Crippen LogP contribution is 2.29. The molecule has 0 fully saturated rings. The first-order chi connectivity index (χ1) is 13.6. The quantitative estimate of drug-likeness (QED) is 0.713. The lowest BCUT2D eigenvalue weighted by Gasteiger charge is -2.18. The molecule has 0 atom stereocenters. The Kier molecular flexibility index (Phi) is 4.63. The van der Waals surface area contributed by atoms with Crippen LogP contribution in [0.2, 0.25) is 0 Å². The number of fused-ring (bicyclic) bond motifs is 1. The Labute approximate surface area is 159 Å². The third-order valence-corrected chi connectivity index (χ3v) is 4.02. The summed E-state index contributed by atoms with van der Waals surface area (Å²) >= 11 is 0. The van der Waals surface area contributed by atoms with E-state index in [0.29, 0.717) is 34.2 Å². The highest BCUT2D eigenvalue weighted by molar-refractivity contribution is 6.06. The highest BCUT2D eigenvalue weighted by atomic mass is 19.1. The van der Waals surface area contributed by atoms with E-state index in [0.717, 1.165) is 0 Å². The largest absolute Gasteiger partial charge is 0.482 e. The summed E-state index contributed by atoms with van der Waals surface area (Å²) in [4.78, 5) is 23.9. The van der Waals surface area contributed by atoms with Gasteiger partial charge >= 0.3 is 0 Å². The van der Waals surface area contributed by atoms with Crippen molar-refractivity contribution >= 4 is 23.2 Å². The van der Waals surface area contributed by atoms with Crippen molar-refractivity contribution in [1.82, 2.24) is 0 Å². The van der Waals surface area contributed by atoms with Crippen molar-refractivity contribution in [3.8, 4) is 17.2 Å². The summed E-state index contributed by atoms with van der Waals surface area (Å²) in [5.74, 6) is 0.441. The minimum Gasteiger partial charge on any atom is -0.482 e. The maximum absolute atomic E-state index is 13.2. The molecule has 0 bridgehead atoms. The average Bonchev–Trinajstić information content (AvgIpc) is 2.69. The van der Waals surface area contributed by atoms with Gasteiger partial charge in [0.05, 0.1) is 5.69 Å². The molecular weight excluding hydrogens is 363 g/mol. The van der Waals surface area contributed by atoms with E-state index >= 15 is 0 Å². The van der Waals surface area contributed by atoms with E-state index in [2.05, 4.69) is 10.6 Å². The Morgan fingerprint density at radius 1 is 1.04 bits per heavy atom. The van der Waals surface area contributed by atoms with E-state index in [9.17, 15) is 14.0 Å². The number of anilines is 2. The minimum absolute atomic E-state index is 0.0391. The van der Waals surface area contributed by atoms with Crippen molar-refractivity contribution in [1.29, 1.82) is 0 Å². The van der Waals surface area contributed by atoms with Crippen LogP contribution in [0.3, 0.4) is 0 Å². The Morgan fingerprint density at radius 3 is 2.64 bits per heavy atom. The highest BCUT2D eigenvalue weighted by Gasteiger charge is 2.18. The van der Waals surface area contributed by atoms with Gasteiger partial charge in [-0.05, 0) is 54.6 Å². The Morgan fingerprint density at radius 2 is 1.86 bits per heavy atom. The second-order valence-electron chi connectivity index (χ2n) is 6.09. The molecule has 28 heavy (non-hydrogen) atoms. The standard InChI is InChI=1S/C21H15FN2O4/c22-14-2-1-3-17(11-14)28-16-7-5-15(6-8-16)23-21(26)13-4-9-19-18(10-13)24-20(25)12-27-19/h1-11H,12H2,(H,23,26)(H,24,25). The molecule has 6 nitrogen and oxygen atoms in total. The third kappa shape index (κ3) is 3.93. The van der Waals surface area contributed by atoms with Crippen LogP contribution >= 0.6 is 0 Å². The van der Waals surface area contributed by atoms with E-state index in [4.69, 9.17) is 9.47 Å². The minimum atomic E-state index is -0.381. The van der Waals surface area contributed by atoms with E-state index in [1.807, 2.05) is 0 Å². The molecule has 1 aliphatic rings. The fraction of sp³-hybridized carbons (Fsp3) is 0.0476. The molecule has 0 unspecified atom stereocenters. The fourth-order valence-corrected chi connectivity index (χ4v) is 2.70. The maximum atomic E-state index is 13.2. The number of halogens is 1. The van der Waals surface area contributed by atoms with E-state index in [1.54, 1.807) is 54.6 Å². The molecule has 2 amide bonds. The summed E-state index contributed by atoms with van der Waals surface area (Å²) in [7, 11) is 0. The van der Waals surface area contributed by atoms with Crippen molar-refractivity contribution in [3.63, 3.8) is 0 Å². The zero-order chi connectivity index (χ0) is 19.5. The van der Waals surface area contributed by atoms with Gasteiger partial charge in [0.25, 0.3) is 11.8 Å². The third-order valence-electron chi connectivity index (χ3n) is 4.02. The van der Waals surface area contributed by atoms with Gasteiger partial charge in [0.1, 0.15) is 23.1 Å². The van der Waals surface area contributed by atoms with Crippen LogP contribution in [0.4, 0.5) is 15.8 Å². The predicted molar refractivity (Wildman–Crippen MR) is 101 cm³/mol. The smallest absolute Gasteiger partial charge is 0.262 e. The van der Waals surface area contributed by atoms with Gasteiger partial charge in [0, 0.05) is 17.3 Å². The lowest BCUT2D eigenvalue weighted by Crippen LogP contribution is -2.25. The second kappa shape index (κ2) is 7.40. The number of carbonyl (C=O) groups is 2. The van der Waals surface area contributed by atoms with Crippen LogP contribution in [0.1, 0.15) is 10.4 Å². The van der Waals surface area contributed by atoms with Crippen molar-refractivity contribution < 1.29 is 23.5 Å². The summed E-state index contributed by atoms with van der Waals surface area (Å²) in [6.45, 7) is -0.0391. The van der Waals surface area contributed by atoms with Crippen molar-refractivity contribution in [2.75, 3.05) is 17.2 Å². The normalized spacial score (nSPS) is 12.4. The number of hydrogen-bond acceptors (Lipinski definition) is 4. The molecule has 140 valence electrons. The average molecular weight is 378 g/mol. The topological polar surface area (TPSA) is 76.7 Å². The first kappa shape index (κ1) is 17.5. The monoisotopic (exact) mass is 378 g/mol. The molecule has 2 N–H and O–H groups in total. The first-order valence-electron chi connectivity index (χ1n) is 8.48. The molecule has 0 radical (unpaired) electrons. The van der Waals surface area contributed by atoms with Crippen LogP contribution in [0, 0.1) is 5.82 Å². The van der Waals surface area contributed by atoms with Crippen molar-refractivity contribution in [2.24, 2.45) is 0 Å². The maximum Gasteiger partial charge on any atom is 0.262 e. The number of ether oxygens (including phenoxy) is 2. The second-order valence-corrected chi connectivity index (χ2v) is 6.09. The first-order valence-corrected chi connectivity index (χ1v) is 8.48. The van der Waals surface area contributed by atoms with Crippen LogP contribution < -0.4 is 20.1 Å². The van der Waals surface area contributed by atoms with Gasteiger partial charge in [0.15, 0.2) is 6.61 Å². The molecule has 0 aliphatic carbocycles. The summed E-state index contributed by atoms with van der Waals surface area (Å²) in [6.07, 6.45) is 0. The number of rotatable bonds is 4. The van der Waals surface area contributed by atoms with Gasteiger partial charge in [0.2, 0.25) is 0 Å². The lowest BCUT2D eigenvalue weighted by atomic mass is 10.1. The Balaban J connectivity index is 1.43. The molecular formula is C21H15FN2O4. The molecule has 4 rings (SSSR count). The number of benzene rings is 3.